The first-order valence-corrected chi connectivity index (χ1v) is 14.7. The number of hydrogen-bond donors (Lipinski definition) is 0. The van der Waals surface area contributed by atoms with Crippen LogP contribution in [-0.2, 0) is 32.9 Å². The summed E-state index contributed by atoms with van der Waals surface area (Å²) in [6.07, 6.45) is 5.65. The van der Waals surface area contributed by atoms with Crippen LogP contribution in [0.25, 0.3) is 44.5 Å². The Morgan fingerprint density at radius 2 is 1.39 bits per heavy atom. The van der Waals surface area contributed by atoms with E-state index in [4.69, 9.17) is 4.42 Å². The maximum absolute atomic E-state index is 6.11. The molecular weight excluding hydrogens is 717 g/mol. The van der Waals surface area contributed by atoms with Gasteiger partial charge in [-0.15, -0.1) is 53.6 Å². The predicted octanol–water partition coefficient (Wildman–Crippen LogP) is 10.2. The Morgan fingerprint density at radius 1 is 0.636 bits per heavy atom. The number of pyridine rings is 2. The molecule has 0 saturated heterocycles. The molecule has 0 atom stereocenters. The molecular formula is C40H34IrN2O-2. The van der Waals surface area contributed by atoms with Crippen molar-refractivity contribution in [2.24, 2.45) is 5.41 Å². The Morgan fingerprint density at radius 3 is 2.18 bits per heavy atom. The molecule has 0 unspecified atom stereocenters. The third kappa shape index (κ3) is 7.58. The second-order valence-corrected chi connectivity index (χ2v) is 12.0. The van der Waals surface area contributed by atoms with Gasteiger partial charge in [-0.3, -0.25) is 0 Å². The number of rotatable bonds is 5. The molecule has 0 aliphatic heterocycles. The molecule has 4 heteroatoms. The smallest absolute Gasteiger partial charge is 0.120 e. The van der Waals surface area contributed by atoms with Crippen molar-refractivity contribution < 1.29 is 24.5 Å². The van der Waals surface area contributed by atoms with E-state index in [9.17, 15) is 0 Å². The molecule has 44 heavy (non-hydrogen) atoms. The Kier molecular flexibility index (Phi) is 9.85. The molecule has 0 aliphatic carbocycles. The van der Waals surface area contributed by atoms with Crippen LogP contribution in [-0.4, -0.2) is 9.97 Å². The standard InChI is InChI=1S/C22H20NO.C18H14N.Ir/c1-22(2,3)14-15-11-12-23-19(13-15)18-9-6-8-17-16-7-4-5-10-20(16)24-21(17)18;1-2-7-15(8-3-1)13-16-9-6-10-17(14-16)18-11-4-5-12-19-18;/h4-8,10-13H,14H2,1-3H3;1-9,11-12,14H,13H2;/q2*-1;. The van der Waals surface area contributed by atoms with Gasteiger partial charge in [0, 0.05) is 37.9 Å². The van der Waals surface area contributed by atoms with Gasteiger partial charge in [0.25, 0.3) is 0 Å². The molecule has 0 amide bonds. The summed E-state index contributed by atoms with van der Waals surface area (Å²) in [4.78, 5) is 8.93. The Hall–Kier alpha value is -4.37. The van der Waals surface area contributed by atoms with Crippen LogP contribution in [0.1, 0.15) is 37.5 Å². The summed E-state index contributed by atoms with van der Waals surface area (Å²) in [5.74, 6) is 0. The number of benzene rings is 4. The summed E-state index contributed by atoms with van der Waals surface area (Å²) in [6.45, 7) is 6.75. The van der Waals surface area contributed by atoms with Crippen LogP contribution in [0.2, 0.25) is 0 Å². The number of para-hydroxylation sites is 1. The Balaban J connectivity index is 0.000000175. The average molecular weight is 751 g/mol. The fourth-order valence-electron chi connectivity index (χ4n) is 5.34. The molecule has 7 rings (SSSR count). The molecule has 221 valence electrons. The van der Waals surface area contributed by atoms with Crippen molar-refractivity contribution in [2.45, 2.75) is 33.6 Å². The molecule has 3 heterocycles. The van der Waals surface area contributed by atoms with Gasteiger partial charge in [0.15, 0.2) is 0 Å². The fraction of sp³-hybridized carbons (Fsp3) is 0.150. The number of fused-ring (bicyclic) bond motifs is 3. The van der Waals surface area contributed by atoms with Crippen molar-refractivity contribution in [3.05, 3.63) is 156 Å². The second-order valence-electron chi connectivity index (χ2n) is 12.0. The normalized spacial score (nSPS) is 11.1. The fourth-order valence-corrected chi connectivity index (χ4v) is 5.34. The van der Waals surface area contributed by atoms with Gasteiger partial charge in [0.2, 0.25) is 0 Å². The van der Waals surface area contributed by atoms with Crippen molar-refractivity contribution in [3.8, 4) is 22.5 Å². The summed E-state index contributed by atoms with van der Waals surface area (Å²) in [7, 11) is 0. The number of nitrogens with zero attached hydrogens (tertiary/aromatic N) is 2. The third-order valence-corrected chi connectivity index (χ3v) is 7.21. The summed E-state index contributed by atoms with van der Waals surface area (Å²) >= 11 is 0. The van der Waals surface area contributed by atoms with Gasteiger partial charge in [-0.05, 0) is 53.4 Å². The molecule has 7 aromatic rings. The van der Waals surface area contributed by atoms with E-state index in [1.54, 1.807) is 0 Å². The zero-order valence-corrected chi connectivity index (χ0v) is 27.6. The Labute approximate surface area is 273 Å². The first kappa shape index (κ1) is 31.1. The van der Waals surface area contributed by atoms with Gasteiger partial charge in [-0.1, -0.05) is 104 Å². The first-order chi connectivity index (χ1) is 20.9. The van der Waals surface area contributed by atoms with Crippen LogP contribution < -0.4 is 0 Å². The van der Waals surface area contributed by atoms with Crippen molar-refractivity contribution in [2.75, 3.05) is 0 Å². The monoisotopic (exact) mass is 751 g/mol. The molecule has 1 radical (unpaired) electrons. The van der Waals surface area contributed by atoms with Crippen LogP contribution in [0, 0.1) is 17.5 Å². The SMILES string of the molecule is CC(C)(C)Cc1ccnc(-c2[c-]ccc3c2oc2ccccc23)c1.[Ir].[c-]1ccc(Cc2ccccc2)cc1-c1ccccn1. The molecule has 0 fully saturated rings. The topological polar surface area (TPSA) is 38.9 Å². The first-order valence-electron chi connectivity index (χ1n) is 14.7. The quantitative estimate of drug-likeness (QED) is 0.165. The predicted molar refractivity (Wildman–Crippen MR) is 177 cm³/mol. The van der Waals surface area contributed by atoms with Crippen LogP contribution in [0.5, 0.6) is 0 Å². The van der Waals surface area contributed by atoms with Crippen molar-refractivity contribution >= 4 is 21.9 Å². The van der Waals surface area contributed by atoms with Crippen LogP contribution in [0.4, 0.5) is 0 Å². The van der Waals surface area contributed by atoms with Gasteiger partial charge in [0.1, 0.15) is 5.58 Å². The zero-order valence-electron chi connectivity index (χ0n) is 25.2. The molecule has 0 aliphatic rings. The van der Waals surface area contributed by atoms with E-state index in [1.807, 2.05) is 67.0 Å². The minimum atomic E-state index is 0. The average Bonchev–Trinajstić information content (AvgIpc) is 3.41. The van der Waals surface area contributed by atoms with E-state index in [0.29, 0.717) is 0 Å². The number of furan rings is 1. The minimum absolute atomic E-state index is 0. The molecule has 0 N–H and O–H groups in total. The van der Waals surface area contributed by atoms with Crippen LogP contribution >= 0.6 is 0 Å². The maximum Gasteiger partial charge on any atom is 0.120 e. The largest absolute Gasteiger partial charge is 0.501 e. The van der Waals surface area contributed by atoms with Gasteiger partial charge < -0.3 is 14.4 Å². The van der Waals surface area contributed by atoms with Gasteiger partial charge in [-0.2, -0.15) is 0 Å². The van der Waals surface area contributed by atoms with Crippen molar-refractivity contribution in [1.82, 2.24) is 9.97 Å². The molecule has 0 spiro atoms. The van der Waals surface area contributed by atoms with Gasteiger partial charge in [-0.25, -0.2) is 0 Å². The zero-order chi connectivity index (χ0) is 29.6. The van der Waals surface area contributed by atoms with E-state index >= 15 is 0 Å². The summed E-state index contributed by atoms with van der Waals surface area (Å²) < 4.78 is 6.11. The molecule has 3 nitrogen and oxygen atoms in total. The second kappa shape index (κ2) is 13.9. The summed E-state index contributed by atoms with van der Waals surface area (Å²) in [5, 5.41) is 2.25. The van der Waals surface area contributed by atoms with Crippen molar-refractivity contribution in [1.29, 1.82) is 0 Å². The van der Waals surface area contributed by atoms with E-state index in [-0.39, 0.29) is 25.5 Å². The van der Waals surface area contributed by atoms with Crippen LogP contribution in [0.3, 0.4) is 0 Å². The Bertz CT molecular complexity index is 1960. The number of aromatic nitrogens is 2. The van der Waals surface area contributed by atoms with Gasteiger partial charge >= 0.3 is 0 Å². The summed E-state index contributed by atoms with van der Waals surface area (Å²) in [5.41, 5.74) is 9.76. The van der Waals surface area contributed by atoms with Crippen molar-refractivity contribution in [3.63, 3.8) is 0 Å². The van der Waals surface area contributed by atoms with E-state index < -0.39 is 0 Å². The number of hydrogen-bond acceptors (Lipinski definition) is 3. The maximum atomic E-state index is 6.11. The van der Waals surface area contributed by atoms with Gasteiger partial charge in [0.05, 0.1) is 5.58 Å². The molecule has 0 saturated carbocycles. The molecule has 3 aromatic heterocycles. The third-order valence-electron chi connectivity index (χ3n) is 7.21. The van der Waals surface area contributed by atoms with E-state index in [0.717, 1.165) is 57.3 Å². The molecule has 4 aromatic carbocycles. The summed E-state index contributed by atoms with van der Waals surface area (Å²) in [6, 6.07) is 45.6. The minimum Gasteiger partial charge on any atom is -0.501 e. The van der Waals surface area contributed by atoms with E-state index in [1.165, 1.54) is 16.7 Å². The van der Waals surface area contributed by atoms with E-state index in [2.05, 4.69) is 104 Å². The van der Waals surface area contributed by atoms with Crippen LogP contribution in [0.15, 0.2) is 132 Å². The molecule has 0 bridgehead atoms.